The molecule has 0 unspecified atom stereocenters. The number of nitrogens with zero attached hydrogens (tertiary/aromatic N) is 1. The van der Waals surface area contributed by atoms with Gasteiger partial charge in [-0.1, -0.05) is 35.2 Å². The monoisotopic (exact) mass is 642 g/mol. The van der Waals surface area contributed by atoms with Gasteiger partial charge in [-0.3, -0.25) is 0 Å². The third-order valence-electron chi connectivity index (χ3n) is 4.58. The van der Waals surface area contributed by atoms with Gasteiger partial charge < -0.3 is 13.6 Å². The van der Waals surface area contributed by atoms with E-state index in [9.17, 15) is 0 Å². The van der Waals surface area contributed by atoms with Gasteiger partial charge in [0.2, 0.25) is 0 Å². The molecule has 2 aromatic rings. The molecule has 1 aromatic heterocycles. The Bertz CT molecular complexity index is 723. The van der Waals surface area contributed by atoms with Crippen molar-refractivity contribution in [1.29, 1.82) is 0 Å². The van der Waals surface area contributed by atoms with Crippen LogP contribution in [0.15, 0.2) is 46.8 Å². The lowest BCUT2D eigenvalue weighted by molar-refractivity contribution is -0.904. The first-order valence-electron chi connectivity index (χ1n) is 9.60. The van der Waals surface area contributed by atoms with Crippen molar-refractivity contribution < 1.29 is 13.6 Å². The van der Waals surface area contributed by atoms with Crippen molar-refractivity contribution in [3.05, 3.63) is 48.1 Å². The second-order valence-electron chi connectivity index (χ2n) is 7.69. The Balaban J connectivity index is 1.53. The molecule has 0 aliphatic rings. The summed E-state index contributed by atoms with van der Waals surface area (Å²) in [4.78, 5) is 0. The van der Waals surface area contributed by atoms with Crippen molar-refractivity contribution in [3.8, 4) is 5.75 Å². The van der Waals surface area contributed by atoms with Crippen LogP contribution in [-0.2, 0) is 6.54 Å². The SMILES string of the molecule is C[N+](C)(CCCCCCCCOc1c(Br)cc(Br)cc1Br)Cc1ccc(Br)o1. The van der Waals surface area contributed by atoms with E-state index in [0.717, 1.165) is 53.7 Å². The van der Waals surface area contributed by atoms with Crippen molar-refractivity contribution in [3.63, 3.8) is 0 Å². The zero-order valence-corrected chi connectivity index (χ0v) is 22.8. The molecular weight excluding hydrogens is 618 g/mol. The largest absolute Gasteiger partial charge is 0.491 e. The molecule has 0 radical (unpaired) electrons. The third kappa shape index (κ3) is 8.90. The van der Waals surface area contributed by atoms with Crippen LogP contribution in [0.4, 0.5) is 0 Å². The van der Waals surface area contributed by atoms with Crippen molar-refractivity contribution in [2.45, 2.75) is 45.1 Å². The van der Waals surface area contributed by atoms with Gasteiger partial charge in [-0.15, -0.1) is 0 Å². The summed E-state index contributed by atoms with van der Waals surface area (Å²) in [5.41, 5.74) is 0. The van der Waals surface area contributed by atoms with E-state index in [4.69, 9.17) is 9.15 Å². The summed E-state index contributed by atoms with van der Waals surface area (Å²) in [5.74, 6) is 1.92. The van der Waals surface area contributed by atoms with Gasteiger partial charge in [0.25, 0.3) is 0 Å². The Morgan fingerprint density at radius 3 is 2.07 bits per heavy atom. The molecule has 3 nitrogen and oxygen atoms in total. The first-order valence-corrected chi connectivity index (χ1v) is 12.8. The Morgan fingerprint density at radius 2 is 1.46 bits per heavy atom. The summed E-state index contributed by atoms with van der Waals surface area (Å²) < 4.78 is 16.3. The van der Waals surface area contributed by atoms with Gasteiger partial charge in [0.1, 0.15) is 12.3 Å². The number of furan rings is 1. The van der Waals surface area contributed by atoms with Crippen LogP contribution in [0.1, 0.15) is 44.3 Å². The Hall–Kier alpha value is 0.180. The van der Waals surface area contributed by atoms with Crippen LogP contribution in [0.5, 0.6) is 5.75 Å². The topological polar surface area (TPSA) is 22.4 Å². The molecule has 7 heteroatoms. The smallest absolute Gasteiger partial charge is 0.169 e. The standard InChI is InChI=1S/C21H28Br4NO2/c1-26(2,15-17-9-10-20(25)28-17)11-7-5-3-4-6-8-12-27-21-18(23)13-16(22)14-19(21)24/h9-10,13-14H,3-8,11-12,15H2,1-2H3/q+1. The van der Waals surface area contributed by atoms with Gasteiger partial charge >= 0.3 is 0 Å². The molecular formula is C21H28Br4NO2+. The molecule has 0 saturated carbocycles. The van der Waals surface area contributed by atoms with Gasteiger partial charge in [0.05, 0.1) is 36.2 Å². The molecule has 0 spiro atoms. The normalized spacial score (nSPS) is 11.8. The molecule has 0 amide bonds. The zero-order chi connectivity index (χ0) is 20.6. The van der Waals surface area contributed by atoms with Crippen molar-refractivity contribution in [2.24, 2.45) is 0 Å². The molecule has 0 atom stereocenters. The molecule has 1 aromatic carbocycles. The molecule has 2 rings (SSSR count). The molecule has 0 bridgehead atoms. The summed E-state index contributed by atoms with van der Waals surface area (Å²) >= 11 is 14.0. The number of ether oxygens (including phenoxy) is 1. The van der Waals surface area contributed by atoms with Crippen LogP contribution in [0.2, 0.25) is 0 Å². The maximum Gasteiger partial charge on any atom is 0.169 e. The van der Waals surface area contributed by atoms with Gasteiger partial charge in [-0.2, -0.15) is 0 Å². The highest BCUT2D eigenvalue weighted by Crippen LogP contribution is 2.36. The summed E-state index contributed by atoms with van der Waals surface area (Å²) in [6, 6.07) is 8.03. The number of hydrogen-bond donors (Lipinski definition) is 0. The summed E-state index contributed by atoms with van der Waals surface area (Å²) in [5, 5.41) is 0. The molecule has 0 aliphatic carbocycles. The van der Waals surface area contributed by atoms with Gasteiger partial charge in [0, 0.05) is 4.47 Å². The fourth-order valence-electron chi connectivity index (χ4n) is 3.13. The highest BCUT2D eigenvalue weighted by atomic mass is 79.9. The van der Waals surface area contributed by atoms with Crippen LogP contribution in [0.3, 0.4) is 0 Å². The van der Waals surface area contributed by atoms with E-state index in [1.54, 1.807) is 0 Å². The summed E-state index contributed by atoms with van der Waals surface area (Å²) in [7, 11) is 4.54. The predicted octanol–water partition coefficient (Wildman–Crippen LogP) is 8.33. The lowest BCUT2D eigenvalue weighted by atomic mass is 10.1. The molecule has 0 saturated heterocycles. The van der Waals surface area contributed by atoms with E-state index in [0.29, 0.717) is 0 Å². The van der Waals surface area contributed by atoms with Gasteiger partial charge in [-0.05, 0) is 91.3 Å². The van der Waals surface area contributed by atoms with Crippen molar-refractivity contribution in [1.82, 2.24) is 0 Å². The van der Waals surface area contributed by atoms with E-state index in [2.05, 4.69) is 83.9 Å². The maximum atomic E-state index is 5.92. The first-order chi connectivity index (χ1) is 13.3. The minimum atomic E-state index is 0.751. The molecule has 1 heterocycles. The van der Waals surface area contributed by atoms with E-state index >= 15 is 0 Å². The summed E-state index contributed by atoms with van der Waals surface area (Å²) in [6.45, 7) is 2.86. The number of hydrogen-bond acceptors (Lipinski definition) is 2. The predicted molar refractivity (Wildman–Crippen MR) is 130 cm³/mol. The van der Waals surface area contributed by atoms with Crippen LogP contribution in [-0.4, -0.2) is 31.7 Å². The minimum Gasteiger partial charge on any atom is -0.491 e. The number of rotatable bonds is 12. The third-order valence-corrected chi connectivity index (χ3v) is 6.64. The van der Waals surface area contributed by atoms with Gasteiger partial charge in [0.15, 0.2) is 10.4 Å². The number of quaternary nitrogens is 1. The lowest BCUT2D eigenvalue weighted by Crippen LogP contribution is -2.39. The highest BCUT2D eigenvalue weighted by molar-refractivity contribution is 9.11. The fraction of sp³-hybridized carbons (Fsp3) is 0.524. The van der Waals surface area contributed by atoms with E-state index in [-0.39, 0.29) is 0 Å². The Kier molecular flexibility index (Phi) is 10.6. The van der Waals surface area contributed by atoms with E-state index in [1.807, 2.05) is 18.2 Å². The number of halogens is 4. The van der Waals surface area contributed by atoms with E-state index < -0.39 is 0 Å². The molecule has 28 heavy (non-hydrogen) atoms. The lowest BCUT2D eigenvalue weighted by Gasteiger charge is -2.28. The van der Waals surface area contributed by atoms with E-state index in [1.165, 1.54) is 38.6 Å². The van der Waals surface area contributed by atoms with Crippen LogP contribution in [0.25, 0.3) is 0 Å². The summed E-state index contributed by atoms with van der Waals surface area (Å²) in [6.07, 6.45) is 7.40. The Labute approximate surface area is 202 Å². The second kappa shape index (κ2) is 12.1. The molecule has 0 N–H and O–H groups in total. The van der Waals surface area contributed by atoms with Crippen molar-refractivity contribution in [2.75, 3.05) is 27.2 Å². The molecule has 156 valence electrons. The zero-order valence-electron chi connectivity index (χ0n) is 16.4. The number of benzene rings is 1. The first kappa shape index (κ1) is 24.4. The second-order valence-corrected chi connectivity index (χ2v) is 11.1. The average molecular weight is 646 g/mol. The molecule has 0 aliphatic heterocycles. The van der Waals surface area contributed by atoms with Crippen molar-refractivity contribution >= 4 is 63.7 Å². The quantitative estimate of drug-likeness (QED) is 0.171. The Morgan fingerprint density at radius 1 is 0.857 bits per heavy atom. The average Bonchev–Trinajstić information content (AvgIpc) is 2.99. The fourth-order valence-corrected chi connectivity index (χ4v) is 5.96. The minimum absolute atomic E-state index is 0.751. The number of unbranched alkanes of at least 4 members (excludes halogenated alkanes) is 5. The van der Waals surface area contributed by atoms with Crippen LogP contribution < -0.4 is 4.74 Å². The van der Waals surface area contributed by atoms with Gasteiger partial charge in [-0.25, -0.2) is 0 Å². The molecule has 0 fully saturated rings. The van der Waals surface area contributed by atoms with Crippen LogP contribution >= 0.6 is 63.7 Å². The highest BCUT2D eigenvalue weighted by Gasteiger charge is 2.17. The maximum absolute atomic E-state index is 5.92. The van der Waals surface area contributed by atoms with Crippen LogP contribution in [0, 0.1) is 0 Å².